The van der Waals surface area contributed by atoms with Crippen molar-refractivity contribution in [2.45, 2.75) is 6.18 Å². The van der Waals surface area contributed by atoms with E-state index >= 15 is 0 Å². The largest absolute Gasteiger partial charge is 0.481 e. The van der Waals surface area contributed by atoms with Crippen LogP contribution in [0.3, 0.4) is 0 Å². The lowest BCUT2D eigenvalue weighted by molar-refractivity contribution is -0.143. The summed E-state index contributed by atoms with van der Waals surface area (Å²) in [6, 6.07) is 6.31. The number of nitrogens with zero attached hydrogens (tertiary/aromatic N) is 3. The second-order valence-electron chi connectivity index (χ2n) is 4.67. The van der Waals surface area contributed by atoms with E-state index in [4.69, 9.17) is 4.74 Å². The van der Waals surface area contributed by atoms with Gasteiger partial charge in [0.15, 0.2) is 12.0 Å². The Morgan fingerprint density at radius 1 is 1.22 bits per heavy atom. The molecule has 118 valence electrons. The monoisotopic (exact) mass is 321 g/mol. The second kappa shape index (κ2) is 5.38. The third-order valence-electron chi connectivity index (χ3n) is 3.36. The molecule has 2 heterocycles. The second-order valence-corrected chi connectivity index (χ2v) is 4.67. The van der Waals surface area contributed by atoms with Gasteiger partial charge in [0.1, 0.15) is 0 Å². The number of hydrogen-bond acceptors (Lipinski definition) is 4. The Hall–Kier alpha value is -2.90. The predicted molar refractivity (Wildman–Crippen MR) is 75.8 cm³/mol. The molecule has 3 aromatic rings. The molecule has 0 atom stereocenters. The molecular weight excluding hydrogens is 311 g/mol. The van der Waals surface area contributed by atoms with E-state index in [1.165, 1.54) is 19.4 Å². The lowest BCUT2D eigenvalue weighted by Gasteiger charge is -2.14. The topological polar surface area (TPSA) is 57.0 Å². The number of benzene rings is 1. The maximum atomic E-state index is 13.3. The first-order valence-corrected chi connectivity index (χ1v) is 6.50. The van der Waals surface area contributed by atoms with E-state index in [1.54, 1.807) is 18.2 Å². The van der Waals surface area contributed by atoms with Gasteiger partial charge in [0, 0.05) is 17.0 Å². The van der Waals surface area contributed by atoms with Crippen molar-refractivity contribution in [3.63, 3.8) is 0 Å². The lowest BCUT2D eigenvalue weighted by Crippen LogP contribution is -2.15. The molecule has 0 saturated carbocycles. The van der Waals surface area contributed by atoms with Crippen LogP contribution in [0.15, 0.2) is 36.7 Å². The Kier molecular flexibility index (Phi) is 3.51. The van der Waals surface area contributed by atoms with Crippen molar-refractivity contribution < 1.29 is 22.7 Å². The fourth-order valence-corrected chi connectivity index (χ4v) is 2.42. The number of carbonyl (C=O) groups excluding carboxylic acids is 1. The van der Waals surface area contributed by atoms with E-state index < -0.39 is 17.4 Å². The highest BCUT2D eigenvalue weighted by Crippen LogP contribution is 2.35. The molecule has 0 spiro atoms. The first-order valence-electron chi connectivity index (χ1n) is 6.50. The molecule has 0 amide bonds. The number of rotatable bonds is 3. The average Bonchev–Trinajstić information content (AvgIpc) is 2.97. The summed E-state index contributed by atoms with van der Waals surface area (Å²) in [5, 5.41) is 4.76. The zero-order chi connectivity index (χ0) is 16.6. The Morgan fingerprint density at radius 2 is 2.00 bits per heavy atom. The van der Waals surface area contributed by atoms with Crippen LogP contribution in [0.4, 0.5) is 13.2 Å². The zero-order valence-corrected chi connectivity index (χ0v) is 11.8. The Bertz CT molecular complexity index is 887. The van der Waals surface area contributed by atoms with Crippen LogP contribution >= 0.6 is 0 Å². The minimum Gasteiger partial charge on any atom is -0.481 e. The highest BCUT2D eigenvalue weighted by atomic mass is 19.4. The third-order valence-corrected chi connectivity index (χ3v) is 3.36. The number of carbonyl (C=O) groups is 1. The van der Waals surface area contributed by atoms with Crippen molar-refractivity contribution >= 4 is 17.1 Å². The number of pyridine rings is 1. The fourth-order valence-electron chi connectivity index (χ4n) is 2.42. The van der Waals surface area contributed by atoms with Gasteiger partial charge >= 0.3 is 6.18 Å². The van der Waals surface area contributed by atoms with Gasteiger partial charge in [0.2, 0.25) is 5.88 Å². The van der Waals surface area contributed by atoms with E-state index in [0.29, 0.717) is 21.3 Å². The molecule has 0 fully saturated rings. The Balaban J connectivity index is 2.35. The number of alkyl halides is 3. The van der Waals surface area contributed by atoms with E-state index in [1.807, 2.05) is 0 Å². The van der Waals surface area contributed by atoms with Crippen LogP contribution in [-0.2, 0) is 6.18 Å². The van der Waals surface area contributed by atoms with Gasteiger partial charge in [-0.1, -0.05) is 6.07 Å². The van der Waals surface area contributed by atoms with Crippen molar-refractivity contribution in [2.24, 2.45) is 0 Å². The van der Waals surface area contributed by atoms with Crippen molar-refractivity contribution in [1.82, 2.24) is 14.8 Å². The number of halogens is 3. The number of hydrogen-bond donors (Lipinski definition) is 0. The predicted octanol–water partition coefficient (Wildman–Crippen LogP) is 3.26. The van der Waals surface area contributed by atoms with Crippen molar-refractivity contribution in [3.05, 3.63) is 47.9 Å². The van der Waals surface area contributed by atoms with Crippen LogP contribution in [-0.4, -0.2) is 28.2 Å². The number of methoxy groups -OCH3 is 1. The average molecular weight is 321 g/mol. The Morgan fingerprint density at radius 3 is 2.65 bits per heavy atom. The summed E-state index contributed by atoms with van der Waals surface area (Å²) in [6.45, 7) is 0. The molecule has 0 bridgehead atoms. The van der Waals surface area contributed by atoms with Gasteiger partial charge in [-0.3, -0.25) is 4.79 Å². The molecule has 5 nitrogen and oxygen atoms in total. The van der Waals surface area contributed by atoms with Crippen LogP contribution in [0.25, 0.3) is 16.5 Å². The molecule has 2 aromatic heterocycles. The minimum absolute atomic E-state index is 0.138. The first-order chi connectivity index (χ1) is 11.0. The smallest absolute Gasteiger partial charge is 0.434 e. The molecule has 8 heteroatoms. The van der Waals surface area contributed by atoms with E-state index in [-0.39, 0.29) is 12.0 Å². The van der Waals surface area contributed by atoms with Crippen LogP contribution in [0, 0.1) is 0 Å². The van der Waals surface area contributed by atoms with Crippen LogP contribution in [0.1, 0.15) is 16.1 Å². The molecule has 0 radical (unpaired) electrons. The van der Waals surface area contributed by atoms with Crippen LogP contribution in [0.2, 0.25) is 0 Å². The van der Waals surface area contributed by atoms with Crippen LogP contribution < -0.4 is 4.74 Å². The quantitative estimate of drug-likeness (QED) is 0.695. The van der Waals surface area contributed by atoms with Gasteiger partial charge in [0.25, 0.3) is 0 Å². The molecule has 0 aliphatic heterocycles. The molecule has 0 unspecified atom stereocenters. The van der Waals surface area contributed by atoms with Gasteiger partial charge in [-0.25, -0.2) is 9.67 Å². The number of aldehydes is 1. The molecule has 0 aliphatic rings. The maximum absolute atomic E-state index is 13.3. The molecule has 0 saturated heterocycles. The van der Waals surface area contributed by atoms with Gasteiger partial charge < -0.3 is 4.74 Å². The third kappa shape index (κ3) is 2.41. The molecule has 0 aliphatic carbocycles. The summed E-state index contributed by atoms with van der Waals surface area (Å²) in [5.74, 6) is 0.292. The first kappa shape index (κ1) is 15.0. The maximum Gasteiger partial charge on any atom is 0.434 e. The summed E-state index contributed by atoms with van der Waals surface area (Å²) in [6.07, 6.45) is -2.25. The van der Waals surface area contributed by atoms with Gasteiger partial charge in [-0.2, -0.15) is 18.3 Å². The zero-order valence-electron chi connectivity index (χ0n) is 11.8. The SMILES string of the molecule is COc1nccc2c(-n3ncc(C=O)c3C(F)(F)F)cccc12. The normalized spacial score (nSPS) is 11.7. The summed E-state index contributed by atoms with van der Waals surface area (Å²) in [4.78, 5) is 14.9. The standard InChI is InChI=1S/C15H10F3N3O2/c1-23-14-11-3-2-4-12(10(11)5-6-19-14)21-13(15(16,17)18)9(8-22)7-20-21/h2-8H,1H3. The Labute approximate surface area is 128 Å². The fraction of sp³-hybridized carbons (Fsp3) is 0.133. The molecular formula is C15H10F3N3O2. The van der Waals surface area contributed by atoms with E-state index in [0.717, 1.165) is 6.20 Å². The van der Waals surface area contributed by atoms with Gasteiger partial charge in [0.05, 0.1) is 24.6 Å². The number of aromatic nitrogens is 3. The van der Waals surface area contributed by atoms with Crippen LogP contribution in [0.5, 0.6) is 5.88 Å². The summed E-state index contributed by atoms with van der Waals surface area (Å²) in [7, 11) is 1.42. The molecule has 1 aromatic carbocycles. The highest BCUT2D eigenvalue weighted by molar-refractivity contribution is 5.93. The molecule has 23 heavy (non-hydrogen) atoms. The van der Waals surface area contributed by atoms with E-state index in [9.17, 15) is 18.0 Å². The minimum atomic E-state index is -4.72. The van der Waals surface area contributed by atoms with Gasteiger partial charge in [-0.05, 0) is 18.2 Å². The summed E-state index contributed by atoms with van der Waals surface area (Å²) < 4.78 is 45.7. The molecule has 0 N–H and O–H groups in total. The van der Waals surface area contributed by atoms with Crippen molar-refractivity contribution in [1.29, 1.82) is 0 Å². The summed E-state index contributed by atoms with van der Waals surface area (Å²) >= 11 is 0. The lowest BCUT2D eigenvalue weighted by atomic mass is 10.1. The van der Waals surface area contributed by atoms with Crippen molar-refractivity contribution in [3.8, 4) is 11.6 Å². The summed E-state index contributed by atoms with van der Waals surface area (Å²) in [5.41, 5.74) is -1.45. The van der Waals surface area contributed by atoms with Crippen molar-refractivity contribution in [2.75, 3.05) is 7.11 Å². The highest BCUT2D eigenvalue weighted by Gasteiger charge is 2.38. The number of ether oxygens (including phenoxy) is 1. The van der Waals surface area contributed by atoms with Gasteiger partial charge in [-0.15, -0.1) is 0 Å². The molecule has 3 rings (SSSR count). The van der Waals surface area contributed by atoms with E-state index in [2.05, 4.69) is 10.1 Å². The number of fused-ring (bicyclic) bond motifs is 1.